The van der Waals surface area contributed by atoms with Crippen molar-refractivity contribution in [2.24, 2.45) is 5.92 Å². The van der Waals surface area contributed by atoms with Crippen LogP contribution in [0.2, 0.25) is 5.04 Å². The van der Waals surface area contributed by atoms with Crippen LogP contribution in [0.3, 0.4) is 0 Å². The van der Waals surface area contributed by atoms with Gasteiger partial charge in [0.2, 0.25) is 5.91 Å². The predicted octanol–water partition coefficient (Wildman–Crippen LogP) is 6.16. The Balaban J connectivity index is 1.74. The summed E-state index contributed by atoms with van der Waals surface area (Å²) in [5.41, 5.74) is 1.31. The summed E-state index contributed by atoms with van der Waals surface area (Å²) >= 11 is 0. The van der Waals surface area contributed by atoms with Crippen LogP contribution < -0.4 is 15.7 Å². The lowest BCUT2D eigenvalue weighted by Gasteiger charge is -2.44. The Hall–Kier alpha value is -2.47. The lowest BCUT2D eigenvalue weighted by molar-refractivity contribution is -0.123. The van der Waals surface area contributed by atoms with Crippen molar-refractivity contribution in [1.29, 1.82) is 0 Å². The molecule has 0 radical (unpaired) electrons. The zero-order chi connectivity index (χ0) is 27.9. The van der Waals surface area contributed by atoms with Crippen LogP contribution >= 0.6 is 0 Å². The van der Waals surface area contributed by atoms with Crippen molar-refractivity contribution >= 4 is 24.6 Å². The van der Waals surface area contributed by atoms with Crippen molar-refractivity contribution in [3.8, 4) is 0 Å². The van der Waals surface area contributed by atoms with E-state index in [1.165, 1.54) is 15.9 Å². The molecule has 1 aliphatic heterocycles. The van der Waals surface area contributed by atoms with Crippen molar-refractivity contribution in [2.75, 3.05) is 0 Å². The van der Waals surface area contributed by atoms with Crippen LogP contribution in [-0.2, 0) is 14.0 Å². The molecule has 0 spiro atoms. The monoisotopic (exact) mass is 533 g/mol. The van der Waals surface area contributed by atoms with Crippen molar-refractivity contribution in [1.82, 2.24) is 5.32 Å². The van der Waals surface area contributed by atoms with Crippen LogP contribution in [0.5, 0.6) is 0 Å². The summed E-state index contributed by atoms with van der Waals surface area (Å²) in [6.45, 7) is 17.3. The van der Waals surface area contributed by atoms with Gasteiger partial charge in [-0.15, -0.1) is 0 Å². The van der Waals surface area contributed by atoms with Gasteiger partial charge in [-0.05, 0) is 61.9 Å². The van der Waals surface area contributed by atoms with Crippen LogP contribution in [-0.4, -0.2) is 38.6 Å². The maximum absolute atomic E-state index is 13.0. The quantitative estimate of drug-likeness (QED) is 0.238. The van der Waals surface area contributed by atoms with Gasteiger partial charge in [0.15, 0.2) is 0 Å². The first kappa shape index (κ1) is 30.1. The Bertz CT molecular complexity index is 1050. The number of rotatable bonds is 9. The summed E-state index contributed by atoms with van der Waals surface area (Å²) in [6, 6.07) is 21.2. The van der Waals surface area contributed by atoms with E-state index in [-0.39, 0.29) is 35.3 Å². The molecule has 0 bridgehead atoms. The molecule has 2 aromatic rings. The Morgan fingerprint density at radius 3 is 2.11 bits per heavy atom. The molecular formula is C33H47NO3Si. The van der Waals surface area contributed by atoms with Crippen LogP contribution in [0.15, 0.2) is 84.5 Å². The number of carbonyl (C=O) groups is 1. The fourth-order valence-electron chi connectivity index (χ4n) is 5.53. The van der Waals surface area contributed by atoms with E-state index in [0.29, 0.717) is 5.92 Å². The summed E-state index contributed by atoms with van der Waals surface area (Å²) in [7, 11) is -2.68. The predicted molar refractivity (Wildman–Crippen MR) is 161 cm³/mol. The molecule has 1 aliphatic rings. The molecule has 3 rings (SSSR count). The van der Waals surface area contributed by atoms with E-state index in [1.807, 2.05) is 25.1 Å². The van der Waals surface area contributed by atoms with Crippen LogP contribution in [0.25, 0.3) is 0 Å². The van der Waals surface area contributed by atoms with Gasteiger partial charge in [0, 0.05) is 6.08 Å². The van der Waals surface area contributed by atoms with E-state index < -0.39 is 8.32 Å². The van der Waals surface area contributed by atoms with Crippen LogP contribution in [0, 0.1) is 5.92 Å². The standard InChI is InChI=1S/C33H47NO3Si/c1-24(2)19-21-31-25(3)23-30(27(5)36-31)34-32(35)22-20-26(4)37-38(33(6,7)8,28-15-11-9-12-16-28)29-17-13-10-14-18-29/h9-20,22,25-27,30-31H,21,23H2,1-8H3,(H,34,35)/b22-20-/t25-,26-,27+,30+,31-/m0/s1. The molecule has 1 heterocycles. The summed E-state index contributed by atoms with van der Waals surface area (Å²) in [5, 5.41) is 5.53. The number of ether oxygens (including phenoxy) is 1. The summed E-state index contributed by atoms with van der Waals surface area (Å²) < 4.78 is 13.3. The third-order valence-electron chi connectivity index (χ3n) is 7.60. The highest BCUT2D eigenvalue weighted by Gasteiger charge is 2.50. The molecule has 4 nitrogen and oxygen atoms in total. The van der Waals surface area contributed by atoms with E-state index in [0.717, 1.165) is 12.8 Å². The molecule has 5 heteroatoms. The summed E-state index contributed by atoms with van der Waals surface area (Å²) in [5.74, 6) is 0.284. The second kappa shape index (κ2) is 13.1. The molecule has 38 heavy (non-hydrogen) atoms. The normalized spacial score (nSPS) is 23.2. The first-order chi connectivity index (χ1) is 17.9. The van der Waals surface area contributed by atoms with E-state index >= 15 is 0 Å². The van der Waals surface area contributed by atoms with E-state index in [4.69, 9.17) is 9.16 Å². The fraction of sp³-hybridized carbons (Fsp3) is 0.485. The molecule has 1 fully saturated rings. The van der Waals surface area contributed by atoms with Crippen molar-refractivity contribution in [3.63, 3.8) is 0 Å². The number of hydrogen-bond donors (Lipinski definition) is 1. The molecule has 2 aromatic carbocycles. The van der Waals surface area contributed by atoms with Gasteiger partial charge >= 0.3 is 0 Å². The SMILES string of the molecule is CC(C)=CC[C@@H]1O[C@H](C)[C@H](NC(=O)/C=C\[C@H](C)O[Si](c2ccccc2)(c2ccccc2)C(C)(C)C)C[C@@H]1C. The second-order valence-corrected chi connectivity index (χ2v) is 16.3. The number of nitrogens with one attached hydrogen (secondary N) is 1. The van der Waals surface area contributed by atoms with Gasteiger partial charge in [-0.25, -0.2) is 0 Å². The molecule has 1 saturated heterocycles. The molecule has 0 unspecified atom stereocenters. The number of carbonyl (C=O) groups excluding carboxylic acids is 1. The van der Waals surface area contributed by atoms with Gasteiger partial charge in [-0.1, -0.05) is 106 Å². The average Bonchev–Trinajstić information content (AvgIpc) is 2.87. The van der Waals surface area contributed by atoms with Crippen molar-refractivity contribution < 1.29 is 14.0 Å². The number of hydrogen-bond acceptors (Lipinski definition) is 3. The van der Waals surface area contributed by atoms with Gasteiger partial charge in [0.25, 0.3) is 8.32 Å². The molecule has 1 amide bonds. The maximum Gasteiger partial charge on any atom is 0.261 e. The average molecular weight is 534 g/mol. The smallest absolute Gasteiger partial charge is 0.261 e. The highest BCUT2D eigenvalue weighted by Crippen LogP contribution is 2.37. The van der Waals surface area contributed by atoms with Crippen LogP contribution in [0.4, 0.5) is 0 Å². The molecule has 0 aliphatic carbocycles. The number of allylic oxidation sites excluding steroid dienone is 1. The van der Waals surface area contributed by atoms with E-state index in [1.54, 1.807) is 6.08 Å². The third kappa shape index (κ3) is 7.34. The van der Waals surface area contributed by atoms with E-state index in [9.17, 15) is 4.79 Å². The van der Waals surface area contributed by atoms with Crippen LogP contribution in [0.1, 0.15) is 68.2 Å². The van der Waals surface area contributed by atoms with Crippen molar-refractivity contribution in [2.45, 2.75) is 97.6 Å². The Labute approximate surface area is 231 Å². The zero-order valence-corrected chi connectivity index (χ0v) is 25.5. The van der Waals surface area contributed by atoms with Gasteiger partial charge in [0.05, 0.1) is 24.4 Å². The minimum absolute atomic E-state index is 0.00185. The van der Waals surface area contributed by atoms with Gasteiger partial charge in [0.1, 0.15) is 0 Å². The highest BCUT2D eigenvalue weighted by atomic mass is 28.4. The molecule has 0 saturated carbocycles. The Morgan fingerprint density at radius 1 is 1.05 bits per heavy atom. The third-order valence-corrected chi connectivity index (χ3v) is 12.7. The molecule has 1 N–H and O–H groups in total. The van der Waals surface area contributed by atoms with Gasteiger partial charge < -0.3 is 14.5 Å². The van der Waals surface area contributed by atoms with Gasteiger partial charge in [-0.3, -0.25) is 4.79 Å². The Morgan fingerprint density at radius 2 is 1.61 bits per heavy atom. The summed E-state index contributed by atoms with van der Waals surface area (Å²) in [6.07, 6.45) is 7.54. The van der Waals surface area contributed by atoms with E-state index in [2.05, 4.69) is 108 Å². The molecule has 206 valence electrons. The minimum atomic E-state index is -2.68. The molecule has 0 aromatic heterocycles. The Kier molecular flexibility index (Phi) is 10.3. The maximum atomic E-state index is 13.0. The lowest BCUT2D eigenvalue weighted by Crippen LogP contribution is -2.67. The summed E-state index contributed by atoms with van der Waals surface area (Å²) in [4.78, 5) is 13.0. The fourth-order valence-corrected chi connectivity index (χ4v) is 10.2. The lowest BCUT2D eigenvalue weighted by atomic mass is 9.88. The zero-order valence-electron chi connectivity index (χ0n) is 24.5. The molecular weight excluding hydrogens is 486 g/mol. The molecule has 5 atom stereocenters. The first-order valence-electron chi connectivity index (χ1n) is 14.0. The first-order valence-corrected chi connectivity index (χ1v) is 15.9. The number of amides is 1. The topological polar surface area (TPSA) is 47.6 Å². The van der Waals surface area contributed by atoms with Crippen molar-refractivity contribution in [3.05, 3.63) is 84.5 Å². The highest BCUT2D eigenvalue weighted by molar-refractivity contribution is 6.99. The largest absolute Gasteiger partial charge is 0.401 e. The number of benzene rings is 2. The minimum Gasteiger partial charge on any atom is -0.401 e. The second-order valence-electron chi connectivity index (χ2n) is 12.1. The van der Waals surface area contributed by atoms with Gasteiger partial charge in [-0.2, -0.15) is 0 Å².